The summed E-state index contributed by atoms with van der Waals surface area (Å²) in [6.45, 7) is 2.77. The van der Waals surface area contributed by atoms with Gasteiger partial charge in [-0.2, -0.15) is 0 Å². The van der Waals surface area contributed by atoms with E-state index in [0.717, 1.165) is 17.0 Å². The minimum Gasteiger partial charge on any atom is -0.301 e. The number of aromatic nitrogens is 5. The fourth-order valence-corrected chi connectivity index (χ4v) is 4.64. The minimum absolute atomic E-state index is 0.147. The molecule has 2 heterocycles. The van der Waals surface area contributed by atoms with Crippen molar-refractivity contribution in [1.82, 2.24) is 25.0 Å². The van der Waals surface area contributed by atoms with Crippen molar-refractivity contribution in [2.45, 2.75) is 30.8 Å². The number of hydrogen-bond acceptors (Lipinski definition) is 5. The number of nitrogens with zero attached hydrogens (tertiary/aromatic N) is 4. The van der Waals surface area contributed by atoms with E-state index in [1.807, 2.05) is 41.2 Å². The molecule has 0 aliphatic heterocycles. The molecule has 5 rings (SSSR count). The van der Waals surface area contributed by atoms with E-state index >= 15 is 0 Å². The molecular weight excluding hydrogens is 430 g/mol. The van der Waals surface area contributed by atoms with Crippen molar-refractivity contribution in [1.29, 1.82) is 0 Å². The minimum atomic E-state index is -0.147. The predicted octanol–water partition coefficient (Wildman–Crippen LogP) is 4.75. The van der Waals surface area contributed by atoms with Crippen molar-refractivity contribution in [2.75, 3.05) is 0 Å². The monoisotopic (exact) mass is 453 g/mol. The highest BCUT2D eigenvalue weighted by atomic mass is 32.2. The summed E-state index contributed by atoms with van der Waals surface area (Å²) in [5, 5.41) is 11.5. The molecule has 6 nitrogen and oxygen atoms in total. The number of rotatable bonds is 7. The lowest BCUT2D eigenvalue weighted by Gasteiger charge is -2.07. The Kier molecular flexibility index (Phi) is 6.04. The number of aromatic amines is 1. The lowest BCUT2D eigenvalue weighted by Crippen LogP contribution is -2.10. The van der Waals surface area contributed by atoms with E-state index in [0.29, 0.717) is 23.9 Å². The largest absolute Gasteiger partial charge is 0.301 e. The summed E-state index contributed by atoms with van der Waals surface area (Å²) in [6, 6.07) is 24.3. The number of hydrogen-bond donors (Lipinski definition) is 1. The summed E-state index contributed by atoms with van der Waals surface area (Å²) < 4.78 is 1.84. The van der Waals surface area contributed by atoms with Gasteiger partial charge in [-0.3, -0.25) is 4.79 Å². The molecule has 0 aliphatic rings. The van der Waals surface area contributed by atoms with Crippen LogP contribution in [0.5, 0.6) is 0 Å². The molecule has 0 atom stereocenters. The topological polar surface area (TPSA) is 76.5 Å². The van der Waals surface area contributed by atoms with Crippen LogP contribution in [-0.4, -0.2) is 25.0 Å². The molecule has 33 heavy (non-hydrogen) atoms. The third-order valence-electron chi connectivity index (χ3n) is 5.56. The molecular formula is C26H23N5OS. The number of benzene rings is 3. The summed E-state index contributed by atoms with van der Waals surface area (Å²) in [5.41, 5.74) is 5.05. The first-order chi connectivity index (χ1) is 16.1. The van der Waals surface area contributed by atoms with Gasteiger partial charge in [-0.1, -0.05) is 83.7 Å². The molecule has 0 saturated carbocycles. The SMILES string of the molecule is Cc1ccccc1Cn1cc(CSc2nc(Cc3cccc4ccccc34)cc(=O)[nH]2)nn1. The van der Waals surface area contributed by atoms with Gasteiger partial charge in [0.15, 0.2) is 5.16 Å². The van der Waals surface area contributed by atoms with Crippen molar-refractivity contribution >= 4 is 22.5 Å². The Bertz CT molecular complexity index is 1470. The van der Waals surface area contributed by atoms with E-state index in [1.165, 1.54) is 33.7 Å². The second kappa shape index (κ2) is 9.42. The molecule has 5 aromatic rings. The molecule has 1 N–H and O–H groups in total. The van der Waals surface area contributed by atoms with Crippen molar-refractivity contribution in [3.05, 3.63) is 117 Å². The molecule has 164 valence electrons. The molecule has 0 aliphatic carbocycles. The second-order valence-electron chi connectivity index (χ2n) is 7.98. The van der Waals surface area contributed by atoms with Crippen molar-refractivity contribution in [2.24, 2.45) is 0 Å². The Hall–Kier alpha value is -3.71. The van der Waals surface area contributed by atoms with E-state index in [9.17, 15) is 4.79 Å². The quantitative estimate of drug-likeness (QED) is 0.284. The number of aryl methyl sites for hydroxylation is 1. The maximum Gasteiger partial charge on any atom is 0.251 e. The van der Waals surface area contributed by atoms with Gasteiger partial charge in [0.25, 0.3) is 5.56 Å². The van der Waals surface area contributed by atoms with Crippen molar-refractivity contribution in [3.8, 4) is 0 Å². The third kappa shape index (κ3) is 5.04. The third-order valence-corrected chi connectivity index (χ3v) is 6.47. The molecule has 0 unspecified atom stereocenters. The van der Waals surface area contributed by atoms with Crippen LogP contribution >= 0.6 is 11.8 Å². The van der Waals surface area contributed by atoms with Gasteiger partial charge in [-0.25, -0.2) is 9.67 Å². The van der Waals surface area contributed by atoms with Crippen LogP contribution in [0, 0.1) is 6.92 Å². The fraction of sp³-hybridized carbons (Fsp3) is 0.154. The van der Waals surface area contributed by atoms with Gasteiger partial charge < -0.3 is 4.98 Å². The molecule has 0 radical (unpaired) electrons. The maximum atomic E-state index is 12.3. The van der Waals surface area contributed by atoms with Crippen molar-refractivity contribution < 1.29 is 0 Å². The van der Waals surface area contributed by atoms with Crippen LogP contribution in [0.25, 0.3) is 10.8 Å². The van der Waals surface area contributed by atoms with Gasteiger partial charge in [0, 0.05) is 24.4 Å². The zero-order valence-electron chi connectivity index (χ0n) is 18.2. The fourth-order valence-electron chi connectivity index (χ4n) is 3.87. The van der Waals surface area contributed by atoms with E-state index in [-0.39, 0.29) is 5.56 Å². The number of thioether (sulfide) groups is 1. The Balaban J connectivity index is 1.29. The van der Waals surface area contributed by atoms with Gasteiger partial charge in [0.1, 0.15) is 0 Å². The average Bonchev–Trinajstić information content (AvgIpc) is 3.27. The highest BCUT2D eigenvalue weighted by molar-refractivity contribution is 7.98. The summed E-state index contributed by atoms with van der Waals surface area (Å²) in [4.78, 5) is 19.8. The first kappa shape index (κ1) is 21.2. The summed E-state index contributed by atoms with van der Waals surface area (Å²) in [6.07, 6.45) is 2.54. The van der Waals surface area contributed by atoms with E-state index in [1.54, 1.807) is 6.07 Å². The molecule has 0 fully saturated rings. The standard InChI is InChI=1S/C26H23N5OS/c1-18-7-2-3-9-21(18)15-31-16-23(29-30-31)17-33-26-27-22(14-25(32)28-26)13-20-11-6-10-19-8-4-5-12-24(19)20/h2-12,14,16H,13,15,17H2,1H3,(H,27,28,32). The van der Waals surface area contributed by atoms with Gasteiger partial charge in [0.2, 0.25) is 0 Å². The molecule has 3 aromatic carbocycles. The molecule has 0 spiro atoms. The molecule has 2 aromatic heterocycles. The second-order valence-corrected chi connectivity index (χ2v) is 8.94. The Morgan fingerprint density at radius 1 is 0.939 bits per heavy atom. The van der Waals surface area contributed by atoms with E-state index in [4.69, 9.17) is 0 Å². The zero-order valence-corrected chi connectivity index (χ0v) is 19.0. The highest BCUT2D eigenvalue weighted by Crippen LogP contribution is 2.22. The number of H-pyrrole nitrogens is 1. The van der Waals surface area contributed by atoms with E-state index < -0.39 is 0 Å². The molecule has 0 amide bonds. The summed E-state index contributed by atoms with van der Waals surface area (Å²) >= 11 is 1.46. The Morgan fingerprint density at radius 2 is 1.73 bits per heavy atom. The first-order valence-electron chi connectivity index (χ1n) is 10.8. The van der Waals surface area contributed by atoms with Crippen LogP contribution in [0.3, 0.4) is 0 Å². The summed E-state index contributed by atoms with van der Waals surface area (Å²) in [5.74, 6) is 0.578. The predicted molar refractivity (Wildman–Crippen MR) is 131 cm³/mol. The average molecular weight is 454 g/mol. The first-order valence-corrected chi connectivity index (χ1v) is 11.8. The normalized spacial score (nSPS) is 11.2. The van der Waals surface area contributed by atoms with Gasteiger partial charge in [-0.15, -0.1) is 5.10 Å². The van der Waals surface area contributed by atoms with Gasteiger partial charge >= 0.3 is 0 Å². The van der Waals surface area contributed by atoms with Crippen LogP contribution in [0.2, 0.25) is 0 Å². The Labute approximate surface area is 195 Å². The van der Waals surface area contributed by atoms with Gasteiger partial charge in [0.05, 0.1) is 17.9 Å². The molecule has 0 bridgehead atoms. The van der Waals surface area contributed by atoms with Crippen molar-refractivity contribution in [3.63, 3.8) is 0 Å². The van der Waals surface area contributed by atoms with Gasteiger partial charge in [-0.05, 0) is 34.4 Å². The van der Waals surface area contributed by atoms with Crippen LogP contribution < -0.4 is 5.56 Å². The maximum absolute atomic E-state index is 12.3. The van der Waals surface area contributed by atoms with Crippen LogP contribution in [-0.2, 0) is 18.7 Å². The Morgan fingerprint density at radius 3 is 2.64 bits per heavy atom. The number of fused-ring (bicyclic) bond motifs is 1. The molecule has 0 saturated heterocycles. The number of nitrogens with one attached hydrogen (secondary N) is 1. The summed E-state index contributed by atoms with van der Waals surface area (Å²) in [7, 11) is 0. The highest BCUT2D eigenvalue weighted by Gasteiger charge is 2.09. The van der Waals surface area contributed by atoms with Crippen LogP contribution in [0.4, 0.5) is 0 Å². The smallest absolute Gasteiger partial charge is 0.251 e. The lowest BCUT2D eigenvalue weighted by atomic mass is 10.0. The van der Waals surface area contributed by atoms with Crippen LogP contribution in [0.15, 0.2) is 88.9 Å². The van der Waals surface area contributed by atoms with E-state index in [2.05, 4.69) is 63.6 Å². The zero-order chi connectivity index (χ0) is 22.6. The van der Waals surface area contributed by atoms with Crippen LogP contribution in [0.1, 0.15) is 28.1 Å². The molecule has 7 heteroatoms. The lowest BCUT2D eigenvalue weighted by molar-refractivity contribution is 0.647.